The Morgan fingerprint density at radius 1 is 1.22 bits per heavy atom. The van der Waals surface area contributed by atoms with E-state index in [9.17, 15) is 23.1 Å². The Morgan fingerprint density at radius 2 is 1.96 bits per heavy atom. The molecule has 1 aromatic carbocycles. The number of hydrogen-bond donors (Lipinski definition) is 1. The number of nitrogens with zero attached hydrogens (tertiary/aromatic N) is 2. The lowest BCUT2D eigenvalue weighted by Crippen LogP contribution is -2.50. The first kappa shape index (κ1) is 18.4. The zero-order chi connectivity index (χ0) is 19.2. The summed E-state index contributed by atoms with van der Waals surface area (Å²) >= 11 is 0. The van der Waals surface area contributed by atoms with E-state index in [1.54, 1.807) is 17.0 Å². The summed E-state index contributed by atoms with van der Waals surface area (Å²) in [5, 5.41) is 10.3. The maximum atomic E-state index is 12.7. The third kappa shape index (κ3) is 2.95. The largest absolute Gasteiger partial charge is 0.392 e. The minimum Gasteiger partial charge on any atom is -0.392 e. The highest BCUT2D eigenvalue weighted by molar-refractivity contribution is 7.90. The molecule has 2 fully saturated rings. The molecule has 0 radical (unpaired) electrons. The van der Waals surface area contributed by atoms with E-state index >= 15 is 0 Å². The number of likely N-dealkylation sites (tertiary alicyclic amines) is 1. The van der Waals surface area contributed by atoms with Crippen molar-refractivity contribution < 1.29 is 23.1 Å². The van der Waals surface area contributed by atoms with Gasteiger partial charge in [0.15, 0.2) is 0 Å². The van der Waals surface area contributed by atoms with Crippen LogP contribution >= 0.6 is 0 Å². The predicted molar refractivity (Wildman–Crippen MR) is 97.4 cm³/mol. The van der Waals surface area contributed by atoms with Gasteiger partial charge in [-0.25, -0.2) is 12.7 Å². The quantitative estimate of drug-likeness (QED) is 0.838. The number of sulfonamides is 1. The first-order valence-corrected chi connectivity index (χ1v) is 10.9. The number of benzene rings is 1. The van der Waals surface area contributed by atoms with Crippen molar-refractivity contribution in [3.8, 4) is 0 Å². The molecule has 0 unspecified atom stereocenters. The molecule has 4 rings (SSSR count). The molecule has 27 heavy (non-hydrogen) atoms. The molecule has 2 heterocycles. The van der Waals surface area contributed by atoms with Gasteiger partial charge in [0.1, 0.15) is 4.90 Å². The number of fused-ring (bicyclic) bond motifs is 1. The topological polar surface area (TPSA) is 95.0 Å². The molecule has 7 nitrogen and oxygen atoms in total. The molecule has 146 valence electrons. The number of carbonyl (C=O) groups excluding carboxylic acids is 2. The van der Waals surface area contributed by atoms with Crippen LogP contribution in [0.5, 0.6) is 0 Å². The minimum absolute atomic E-state index is 0.00783. The van der Waals surface area contributed by atoms with Crippen LogP contribution in [0, 0.1) is 5.41 Å². The smallest absolute Gasteiger partial charge is 0.269 e. The second-order valence-corrected chi connectivity index (χ2v) is 9.65. The molecule has 2 amide bonds. The first-order valence-electron chi connectivity index (χ1n) is 9.47. The van der Waals surface area contributed by atoms with E-state index in [0.717, 1.165) is 36.4 Å². The molecule has 1 saturated carbocycles. The third-order valence-corrected chi connectivity index (χ3v) is 8.10. The number of carbonyl (C=O) groups is 2. The molecule has 2 aliphatic heterocycles. The Labute approximate surface area is 159 Å². The molecule has 1 saturated heterocycles. The predicted octanol–water partition coefficient (Wildman–Crippen LogP) is 1.37. The van der Waals surface area contributed by atoms with Crippen LogP contribution in [0.15, 0.2) is 29.2 Å². The molecule has 8 heteroatoms. The van der Waals surface area contributed by atoms with E-state index in [-0.39, 0.29) is 40.9 Å². The molecule has 1 aliphatic carbocycles. The monoisotopic (exact) mass is 392 g/mol. The molecule has 0 aromatic heterocycles. The summed E-state index contributed by atoms with van der Waals surface area (Å²) < 4.78 is 26.0. The van der Waals surface area contributed by atoms with E-state index in [1.165, 1.54) is 12.1 Å². The lowest BCUT2D eigenvalue weighted by Gasteiger charge is -2.42. The van der Waals surface area contributed by atoms with Crippen LogP contribution in [-0.4, -0.2) is 60.3 Å². The summed E-state index contributed by atoms with van der Waals surface area (Å²) in [5.41, 5.74) is -0.0457. The summed E-state index contributed by atoms with van der Waals surface area (Å²) in [7, 11) is -3.88. The minimum atomic E-state index is -3.88. The number of aliphatic hydroxyl groups excluding tert-OH is 1. The van der Waals surface area contributed by atoms with Crippen molar-refractivity contribution >= 4 is 21.8 Å². The SMILES string of the molecule is O=C(CCN1C(=O)c2ccccc2S1(=O)=O)N1CCC[C@@]2(CCC[C@H]2O)C1. The van der Waals surface area contributed by atoms with Crippen molar-refractivity contribution in [1.82, 2.24) is 9.21 Å². The van der Waals surface area contributed by atoms with Crippen LogP contribution in [-0.2, 0) is 14.8 Å². The molecule has 2 atom stereocenters. The Balaban J connectivity index is 1.43. The van der Waals surface area contributed by atoms with Gasteiger partial charge in [-0.05, 0) is 37.8 Å². The fourth-order valence-corrected chi connectivity index (χ4v) is 6.35. The van der Waals surface area contributed by atoms with Gasteiger partial charge >= 0.3 is 0 Å². The van der Waals surface area contributed by atoms with Gasteiger partial charge in [-0.3, -0.25) is 9.59 Å². The maximum absolute atomic E-state index is 12.7. The van der Waals surface area contributed by atoms with Crippen LogP contribution in [0.1, 0.15) is 48.9 Å². The van der Waals surface area contributed by atoms with Gasteiger partial charge in [0.25, 0.3) is 15.9 Å². The molecule has 1 spiro atoms. The zero-order valence-corrected chi connectivity index (χ0v) is 16.0. The van der Waals surface area contributed by atoms with Crippen LogP contribution in [0.2, 0.25) is 0 Å². The summed E-state index contributed by atoms with van der Waals surface area (Å²) in [6.07, 6.45) is 4.03. The zero-order valence-electron chi connectivity index (χ0n) is 15.1. The Bertz CT molecular complexity index is 884. The summed E-state index contributed by atoms with van der Waals surface area (Å²) in [4.78, 5) is 26.9. The van der Waals surface area contributed by atoms with Gasteiger partial charge in [-0.2, -0.15) is 0 Å². The number of piperidine rings is 1. The van der Waals surface area contributed by atoms with Crippen LogP contribution < -0.4 is 0 Å². The number of hydrogen-bond acceptors (Lipinski definition) is 5. The lowest BCUT2D eigenvalue weighted by molar-refractivity contribution is -0.136. The van der Waals surface area contributed by atoms with Crippen molar-refractivity contribution in [3.05, 3.63) is 29.8 Å². The Hall–Kier alpha value is -1.93. The molecule has 1 aromatic rings. The van der Waals surface area contributed by atoms with Crippen molar-refractivity contribution in [2.75, 3.05) is 19.6 Å². The fourth-order valence-electron chi connectivity index (χ4n) is 4.78. The average Bonchev–Trinajstić information content (AvgIpc) is 3.09. The van der Waals surface area contributed by atoms with Gasteiger partial charge in [0, 0.05) is 31.5 Å². The van der Waals surface area contributed by atoms with E-state index in [2.05, 4.69) is 0 Å². The van der Waals surface area contributed by atoms with Gasteiger partial charge in [-0.1, -0.05) is 18.6 Å². The summed E-state index contributed by atoms with van der Waals surface area (Å²) in [5.74, 6) is -0.730. The summed E-state index contributed by atoms with van der Waals surface area (Å²) in [6, 6.07) is 6.12. The van der Waals surface area contributed by atoms with E-state index < -0.39 is 15.9 Å². The number of rotatable bonds is 3. The van der Waals surface area contributed by atoms with Crippen molar-refractivity contribution in [1.29, 1.82) is 0 Å². The van der Waals surface area contributed by atoms with E-state index in [4.69, 9.17) is 0 Å². The lowest BCUT2D eigenvalue weighted by atomic mass is 9.76. The Kier molecular flexibility index (Phi) is 4.50. The maximum Gasteiger partial charge on any atom is 0.269 e. The van der Waals surface area contributed by atoms with Crippen molar-refractivity contribution in [2.45, 2.75) is 49.5 Å². The molecular weight excluding hydrogens is 368 g/mol. The second kappa shape index (κ2) is 6.60. The highest BCUT2D eigenvalue weighted by Gasteiger charge is 2.46. The van der Waals surface area contributed by atoms with Crippen molar-refractivity contribution in [2.24, 2.45) is 5.41 Å². The van der Waals surface area contributed by atoms with Crippen LogP contribution in [0.4, 0.5) is 0 Å². The van der Waals surface area contributed by atoms with E-state index in [0.29, 0.717) is 13.1 Å². The first-order chi connectivity index (χ1) is 12.8. The van der Waals surface area contributed by atoms with Crippen LogP contribution in [0.3, 0.4) is 0 Å². The standard InChI is InChI=1S/C19H24N2O5S/c22-16-7-3-9-19(16)10-4-11-20(13-19)17(23)8-12-21-18(24)14-5-1-2-6-15(14)27(21,25)26/h1-2,5-6,16,22H,3-4,7-13H2/t16-,19+/m1/s1. The van der Waals surface area contributed by atoms with Crippen molar-refractivity contribution in [3.63, 3.8) is 0 Å². The van der Waals surface area contributed by atoms with Crippen LogP contribution in [0.25, 0.3) is 0 Å². The van der Waals surface area contributed by atoms with Gasteiger partial charge < -0.3 is 10.0 Å². The summed E-state index contributed by atoms with van der Waals surface area (Å²) in [6.45, 7) is 0.989. The Morgan fingerprint density at radius 3 is 2.67 bits per heavy atom. The number of amides is 2. The average molecular weight is 392 g/mol. The molecule has 1 N–H and O–H groups in total. The second-order valence-electron chi connectivity index (χ2n) is 7.82. The van der Waals surface area contributed by atoms with E-state index in [1.807, 2.05) is 0 Å². The van der Waals surface area contributed by atoms with Gasteiger partial charge in [0.2, 0.25) is 5.91 Å². The molecule has 3 aliphatic rings. The highest BCUT2D eigenvalue weighted by atomic mass is 32.2. The van der Waals surface area contributed by atoms with Gasteiger partial charge in [-0.15, -0.1) is 0 Å². The normalized spacial score (nSPS) is 29.4. The third-order valence-electron chi connectivity index (χ3n) is 6.26. The van der Waals surface area contributed by atoms with Gasteiger partial charge in [0.05, 0.1) is 11.7 Å². The fraction of sp³-hybridized carbons (Fsp3) is 0.579. The number of aliphatic hydroxyl groups is 1. The molecule has 0 bridgehead atoms. The highest BCUT2D eigenvalue weighted by Crippen LogP contribution is 2.45. The molecular formula is C19H24N2O5S.